The second kappa shape index (κ2) is 4.02. The molecule has 4 heteroatoms. The van der Waals surface area contributed by atoms with Crippen LogP contribution in [0.1, 0.15) is 24.8 Å². The molecule has 1 aliphatic rings. The van der Waals surface area contributed by atoms with Crippen molar-refractivity contribution in [2.75, 3.05) is 19.0 Å². The molecule has 0 atom stereocenters. The summed E-state index contributed by atoms with van der Waals surface area (Å²) < 4.78 is 13.5. The van der Waals surface area contributed by atoms with E-state index in [-0.39, 0.29) is 5.82 Å². The number of hydrogen-bond acceptors (Lipinski definition) is 2. The first-order chi connectivity index (χ1) is 7.97. The molecule has 17 heavy (non-hydrogen) atoms. The number of rotatable bonds is 3. The Kier molecular flexibility index (Phi) is 2.81. The van der Waals surface area contributed by atoms with E-state index >= 15 is 0 Å². The fourth-order valence-corrected chi connectivity index (χ4v) is 2.31. The number of carbonyl (C=O) groups is 1. The lowest BCUT2D eigenvalue weighted by molar-refractivity contribution is -0.147. The van der Waals surface area contributed by atoms with Gasteiger partial charge in [-0.25, -0.2) is 4.39 Å². The normalized spacial score (nSPS) is 17.4. The van der Waals surface area contributed by atoms with Crippen LogP contribution in [0.25, 0.3) is 0 Å². The van der Waals surface area contributed by atoms with Crippen molar-refractivity contribution < 1.29 is 14.3 Å². The molecule has 1 aromatic carbocycles. The standard InChI is InChI=1S/C13H16FNO2/c1-15(2)11-8-9(4-5-10(11)14)13(12(16)17)6-3-7-13/h4-5,8H,3,6-7H2,1-2H3,(H,16,17). The number of halogens is 1. The number of aliphatic carboxylic acids is 1. The molecule has 2 rings (SSSR count). The molecule has 0 radical (unpaired) electrons. The number of hydrogen-bond donors (Lipinski definition) is 1. The predicted octanol–water partition coefficient (Wildman–Crippen LogP) is 2.40. The third kappa shape index (κ3) is 1.77. The van der Waals surface area contributed by atoms with E-state index in [0.29, 0.717) is 24.1 Å². The summed E-state index contributed by atoms with van der Waals surface area (Å²) >= 11 is 0. The molecule has 0 unspecified atom stereocenters. The van der Waals surface area contributed by atoms with Crippen LogP contribution in [0.2, 0.25) is 0 Å². The molecule has 0 aromatic heterocycles. The van der Waals surface area contributed by atoms with E-state index in [1.165, 1.54) is 6.07 Å². The van der Waals surface area contributed by atoms with E-state index < -0.39 is 11.4 Å². The van der Waals surface area contributed by atoms with Crippen molar-refractivity contribution >= 4 is 11.7 Å². The molecule has 1 aliphatic carbocycles. The summed E-state index contributed by atoms with van der Waals surface area (Å²) in [5, 5.41) is 9.33. The molecule has 0 heterocycles. The highest BCUT2D eigenvalue weighted by Crippen LogP contribution is 2.44. The lowest BCUT2D eigenvalue weighted by atomic mass is 9.64. The van der Waals surface area contributed by atoms with Crippen molar-refractivity contribution in [1.82, 2.24) is 0 Å². The average molecular weight is 237 g/mol. The molecule has 0 spiro atoms. The largest absolute Gasteiger partial charge is 0.481 e. The summed E-state index contributed by atoms with van der Waals surface area (Å²) in [5.41, 5.74) is 0.356. The van der Waals surface area contributed by atoms with E-state index in [2.05, 4.69) is 0 Å². The number of carboxylic acid groups (broad SMARTS) is 1. The van der Waals surface area contributed by atoms with E-state index in [4.69, 9.17) is 0 Å². The lowest BCUT2D eigenvalue weighted by Gasteiger charge is -2.38. The number of nitrogens with zero attached hydrogens (tertiary/aromatic N) is 1. The van der Waals surface area contributed by atoms with Gasteiger partial charge in [-0.3, -0.25) is 4.79 Å². The highest BCUT2D eigenvalue weighted by Gasteiger charge is 2.46. The van der Waals surface area contributed by atoms with Gasteiger partial charge in [-0.1, -0.05) is 12.5 Å². The van der Waals surface area contributed by atoms with Gasteiger partial charge in [0.2, 0.25) is 0 Å². The highest BCUT2D eigenvalue weighted by atomic mass is 19.1. The molecule has 92 valence electrons. The summed E-state index contributed by atoms with van der Waals surface area (Å²) in [6.07, 6.45) is 2.20. The maximum absolute atomic E-state index is 13.5. The summed E-state index contributed by atoms with van der Waals surface area (Å²) in [5.74, 6) is -1.13. The smallest absolute Gasteiger partial charge is 0.314 e. The minimum atomic E-state index is -0.805. The zero-order chi connectivity index (χ0) is 12.6. The van der Waals surface area contributed by atoms with Gasteiger partial charge in [0.15, 0.2) is 0 Å². The van der Waals surface area contributed by atoms with Gasteiger partial charge >= 0.3 is 5.97 Å². The van der Waals surface area contributed by atoms with Gasteiger partial charge in [0.1, 0.15) is 5.82 Å². The molecule has 0 amide bonds. The first kappa shape index (κ1) is 11.9. The number of anilines is 1. The second-order valence-electron chi connectivity index (χ2n) is 4.80. The van der Waals surface area contributed by atoms with Crippen molar-refractivity contribution in [3.8, 4) is 0 Å². The van der Waals surface area contributed by atoms with Crippen molar-refractivity contribution in [1.29, 1.82) is 0 Å². The van der Waals surface area contributed by atoms with Crippen LogP contribution in [0.4, 0.5) is 10.1 Å². The zero-order valence-corrected chi connectivity index (χ0v) is 10.0. The maximum atomic E-state index is 13.5. The lowest BCUT2D eigenvalue weighted by Crippen LogP contribution is -2.42. The fourth-order valence-electron chi connectivity index (χ4n) is 2.31. The molecule has 3 nitrogen and oxygen atoms in total. The quantitative estimate of drug-likeness (QED) is 0.877. The van der Waals surface area contributed by atoms with Crippen LogP contribution in [0.3, 0.4) is 0 Å². The Labute approximate surface area is 99.9 Å². The summed E-state index contributed by atoms with van der Waals surface area (Å²) in [7, 11) is 3.49. The highest BCUT2D eigenvalue weighted by molar-refractivity contribution is 5.83. The van der Waals surface area contributed by atoms with Crippen molar-refractivity contribution in [3.05, 3.63) is 29.6 Å². The molecule has 0 aliphatic heterocycles. The van der Waals surface area contributed by atoms with E-state index in [1.54, 1.807) is 31.1 Å². The first-order valence-electron chi connectivity index (χ1n) is 5.68. The first-order valence-corrected chi connectivity index (χ1v) is 5.68. The average Bonchev–Trinajstić information content (AvgIpc) is 2.17. The molecule has 0 saturated heterocycles. The zero-order valence-electron chi connectivity index (χ0n) is 10.0. The molecular weight excluding hydrogens is 221 g/mol. The van der Waals surface area contributed by atoms with Crippen molar-refractivity contribution in [3.63, 3.8) is 0 Å². The Hall–Kier alpha value is -1.58. The van der Waals surface area contributed by atoms with Crippen LogP contribution in [-0.4, -0.2) is 25.2 Å². The van der Waals surface area contributed by atoms with Crippen LogP contribution in [0.5, 0.6) is 0 Å². The van der Waals surface area contributed by atoms with Gasteiger partial charge in [-0.05, 0) is 30.5 Å². The van der Waals surface area contributed by atoms with Gasteiger partial charge in [0, 0.05) is 14.1 Å². The van der Waals surface area contributed by atoms with Crippen molar-refractivity contribution in [2.45, 2.75) is 24.7 Å². The van der Waals surface area contributed by atoms with E-state index in [9.17, 15) is 14.3 Å². The Bertz CT molecular complexity index is 453. The van der Waals surface area contributed by atoms with E-state index in [0.717, 1.165) is 6.42 Å². The Balaban J connectivity index is 2.46. The molecular formula is C13H16FNO2. The monoisotopic (exact) mass is 237 g/mol. The van der Waals surface area contributed by atoms with Crippen LogP contribution in [0.15, 0.2) is 18.2 Å². The van der Waals surface area contributed by atoms with E-state index in [1.807, 2.05) is 0 Å². The predicted molar refractivity (Wildman–Crippen MR) is 63.9 cm³/mol. The SMILES string of the molecule is CN(C)c1cc(C2(C(=O)O)CCC2)ccc1F. The maximum Gasteiger partial charge on any atom is 0.314 e. The number of carboxylic acids is 1. The third-order valence-corrected chi connectivity index (χ3v) is 3.60. The second-order valence-corrected chi connectivity index (χ2v) is 4.80. The summed E-state index contributed by atoms with van der Waals surface area (Å²) in [6.45, 7) is 0. The molecule has 0 bridgehead atoms. The molecule has 1 N–H and O–H groups in total. The number of benzene rings is 1. The van der Waals surface area contributed by atoms with Crippen LogP contribution in [0, 0.1) is 5.82 Å². The van der Waals surface area contributed by atoms with Crippen LogP contribution < -0.4 is 4.90 Å². The van der Waals surface area contributed by atoms with Crippen LogP contribution >= 0.6 is 0 Å². The van der Waals surface area contributed by atoms with Crippen molar-refractivity contribution in [2.24, 2.45) is 0 Å². The summed E-state index contributed by atoms with van der Waals surface area (Å²) in [6, 6.07) is 4.60. The minimum absolute atomic E-state index is 0.321. The van der Waals surface area contributed by atoms with Gasteiger partial charge in [-0.2, -0.15) is 0 Å². The Morgan fingerprint density at radius 1 is 1.41 bits per heavy atom. The third-order valence-electron chi connectivity index (χ3n) is 3.60. The minimum Gasteiger partial charge on any atom is -0.481 e. The van der Waals surface area contributed by atoms with Gasteiger partial charge < -0.3 is 10.0 Å². The van der Waals surface area contributed by atoms with Gasteiger partial charge in [-0.15, -0.1) is 0 Å². The fraction of sp³-hybridized carbons (Fsp3) is 0.462. The molecule has 1 saturated carbocycles. The molecule has 1 aromatic rings. The van der Waals surface area contributed by atoms with Gasteiger partial charge in [0.05, 0.1) is 11.1 Å². The topological polar surface area (TPSA) is 40.5 Å². The Morgan fingerprint density at radius 3 is 2.47 bits per heavy atom. The van der Waals surface area contributed by atoms with Gasteiger partial charge in [0.25, 0.3) is 0 Å². The summed E-state index contributed by atoms with van der Waals surface area (Å²) in [4.78, 5) is 13.0. The van der Waals surface area contributed by atoms with Crippen LogP contribution in [-0.2, 0) is 10.2 Å². The molecule has 1 fully saturated rings. The Morgan fingerprint density at radius 2 is 2.06 bits per heavy atom.